The summed E-state index contributed by atoms with van der Waals surface area (Å²) in [4.78, 5) is 14.2. The number of hydrogen-bond donors (Lipinski definition) is 1. The van der Waals surface area contributed by atoms with Crippen LogP contribution in [0.5, 0.6) is 0 Å². The van der Waals surface area contributed by atoms with Gasteiger partial charge in [0.05, 0.1) is 0 Å². The van der Waals surface area contributed by atoms with Crippen molar-refractivity contribution in [3.05, 3.63) is 29.3 Å². The minimum Gasteiger partial charge on any atom is -0.360 e. The van der Waals surface area contributed by atoms with Crippen LogP contribution in [-0.4, -0.2) is 25.0 Å². The number of anilines is 1. The van der Waals surface area contributed by atoms with Crippen molar-refractivity contribution in [2.75, 3.05) is 18.0 Å². The smallest absolute Gasteiger partial charge is 0.242 e. The van der Waals surface area contributed by atoms with Crippen molar-refractivity contribution < 1.29 is 4.79 Å². The number of hydrogen-bond acceptors (Lipinski definition) is 2. The third kappa shape index (κ3) is 2.50. The van der Waals surface area contributed by atoms with E-state index in [0.29, 0.717) is 6.54 Å². The molecule has 98 valence electrons. The van der Waals surface area contributed by atoms with Crippen LogP contribution in [0.4, 0.5) is 5.69 Å². The Labute approximate surface area is 109 Å². The Morgan fingerprint density at radius 3 is 3.00 bits per heavy atom. The molecule has 0 saturated carbocycles. The molecule has 0 aliphatic carbocycles. The fraction of sp³-hybridized carbons (Fsp3) is 0.533. The second-order valence-corrected chi connectivity index (χ2v) is 5.00. The molecule has 0 bridgehead atoms. The molecule has 1 amide bonds. The largest absolute Gasteiger partial charge is 0.360 e. The first kappa shape index (κ1) is 12.9. The summed E-state index contributed by atoms with van der Waals surface area (Å²) in [5, 5.41) is 2.90. The lowest BCUT2D eigenvalue weighted by molar-refractivity contribution is -0.122. The van der Waals surface area contributed by atoms with Crippen molar-refractivity contribution in [3.63, 3.8) is 0 Å². The van der Waals surface area contributed by atoms with Crippen LogP contribution in [-0.2, 0) is 11.2 Å². The highest BCUT2D eigenvalue weighted by atomic mass is 16.2. The number of aryl methyl sites for hydroxylation is 2. The van der Waals surface area contributed by atoms with Gasteiger partial charge in [-0.15, -0.1) is 0 Å². The summed E-state index contributed by atoms with van der Waals surface area (Å²) < 4.78 is 0. The number of nitrogens with one attached hydrogen (secondary N) is 1. The van der Waals surface area contributed by atoms with Gasteiger partial charge in [-0.1, -0.05) is 17.7 Å². The number of carbonyl (C=O) groups excluding carboxylic acids is 1. The first-order valence-corrected chi connectivity index (χ1v) is 6.77. The van der Waals surface area contributed by atoms with Crippen LogP contribution in [0, 0.1) is 6.92 Å². The number of rotatable bonds is 3. The standard InChI is InChI=1S/C15H22N2O/c1-4-16-15(18)12(3)17-9-5-6-13-10-11(2)7-8-14(13)17/h7-8,10,12H,4-6,9H2,1-3H3,(H,16,18)/t12-/m1/s1. The lowest BCUT2D eigenvalue weighted by Crippen LogP contribution is -2.47. The molecule has 1 aliphatic heterocycles. The molecule has 1 aliphatic rings. The molecule has 2 rings (SSSR count). The highest BCUT2D eigenvalue weighted by Crippen LogP contribution is 2.29. The molecule has 3 heteroatoms. The van der Waals surface area contributed by atoms with Gasteiger partial charge in [-0.05, 0) is 45.2 Å². The van der Waals surface area contributed by atoms with Gasteiger partial charge in [-0.3, -0.25) is 4.79 Å². The van der Waals surface area contributed by atoms with E-state index in [2.05, 4.69) is 35.3 Å². The van der Waals surface area contributed by atoms with Crippen LogP contribution in [0.1, 0.15) is 31.4 Å². The molecule has 18 heavy (non-hydrogen) atoms. The maximum Gasteiger partial charge on any atom is 0.242 e. The summed E-state index contributed by atoms with van der Waals surface area (Å²) in [5.74, 6) is 0.117. The number of benzene rings is 1. The molecule has 0 unspecified atom stereocenters. The van der Waals surface area contributed by atoms with Gasteiger partial charge in [0.1, 0.15) is 6.04 Å². The van der Waals surface area contributed by atoms with Gasteiger partial charge < -0.3 is 10.2 Å². The Kier molecular flexibility index (Phi) is 3.90. The van der Waals surface area contributed by atoms with Crippen molar-refractivity contribution in [2.45, 2.75) is 39.7 Å². The van der Waals surface area contributed by atoms with Crippen LogP contribution < -0.4 is 10.2 Å². The predicted octanol–water partition coefficient (Wildman–Crippen LogP) is 2.27. The molecule has 0 fully saturated rings. The third-order valence-corrected chi connectivity index (χ3v) is 3.59. The van der Waals surface area contributed by atoms with Crippen LogP contribution in [0.25, 0.3) is 0 Å². The van der Waals surface area contributed by atoms with E-state index < -0.39 is 0 Å². The quantitative estimate of drug-likeness (QED) is 0.887. The highest BCUT2D eigenvalue weighted by molar-refractivity contribution is 5.85. The summed E-state index contributed by atoms with van der Waals surface area (Å²) in [6.07, 6.45) is 2.25. The normalized spacial score (nSPS) is 16.1. The number of carbonyl (C=O) groups is 1. The van der Waals surface area contributed by atoms with E-state index >= 15 is 0 Å². The molecule has 0 aromatic heterocycles. The molecule has 1 N–H and O–H groups in total. The summed E-state index contributed by atoms with van der Waals surface area (Å²) in [5.41, 5.74) is 3.89. The molecule has 3 nitrogen and oxygen atoms in total. The highest BCUT2D eigenvalue weighted by Gasteiger charge is 2.25. The van der Waals surface area contributed by atoms with Crippen LogP contribution in [0.2, 0.25) is 0 Å². The first-order valence-electron chi connectivity index (χ1n) is 6.77. The van der Waals surface area contributed by atoms with Crippen molar-refractivity contribution in [3.8, 4) is 0 Å². The summed E-state index contributed by atoms with van der Waals surface area (Å²) in [7, 11) is 0. The number of nitrogens with zero attached hydrogens (tertiary/aromatic N) is 1. The second-order valence-electron chi connectivity index (χ2n) is 5.00. The van der Waals surface area contributed by atoms with Gasteiger partial charge in [-0.2, -0.15) is 0 Å². The van der Waals surface area contributed by atoms with Crippen LogP contribution in [0.3, 0.4) is 0 Å². The molecule has 1 aromatic carbocycles. The molecular formula is C15H22N2O. The van der Waals surface area contributed by atoms with E-state index in [0.717, 1.165) is 19.4 Å². The van der Waals surface area contributed by atoms with Gasteiger partial charge in [0.15, 0.2) is 0 Å². The second kappa shape index (κ2) is 5.42. The Bertz CT molecular complexity index is 442. The van der Waals surface area contributed by atoms with Gasteiger partial charge in [0.2, 0.25) is 5.91 Å². The average molecular weight is 246 g/mol. The molecule has 1 aromatic rings. The van der Waals surface area contributed by atoms with Crippen molar-refractivity contribution in [2.24, 2.45) is 0 Å². The Morgan fingerprint density at radius 2 is 2.28 bits per heavy atom. The molecule has 0 radical (unpaired) electrons. The molecule has 1 heterocycles. The lowest BCUT2D eigenvalue weighted by Gasteiger charge is -2.35. The zero-order valence-electron chi connectivity index (χ0n) is 11.5. The van der Waals surface area contributed by atoms with E-state index in [1.165, 1.54) is 16.8 Å². The monoisotopic (exact) mass is 246 g/mol. The topological polar surface area (TPSA) is 32.3 Å². The van der Waals surface area contributed by atoms with Gasteiger partial charge in [0, 0.05) is 18.8 Å². The van der Waals surface area contributed by atoms with Crippen molar-refractivity contribution in [1.82, 2.24) is 5.32 Å². The van der Waals surface area contributed by atoms with E-state index in [4.69, 9.17) is 0 Å². The van der Waals surface area contributed by atoms with Crippen molar-refractivity contribution >= 4 is 11.6 Å². The van der Waals surface area contributed by atoms with E-state index in [9.17, 15) is 4.79 Å². The Morgan fingerprint density at radius 1 is 1.50 bits per heavy atom. The fourth-order valence-corrected chi connectivity index (χ4v) is 2.62. The van der Waals surface area contributed by atoms with Gasteiger partial charge >= 0.3 is 0 Å². The van der Waals surface area contributed by atoms with Crippen LogP contribution >= 0.6 is 0 Å². The van der Waals surface area contributed by atoms with E-state index in [-0.39, 0.29) is 11.9 Å². The number of likely N-dealkylation sites (N-methyl/N-ethyl adjacent to an activating group) is 1. The summed E-state index contributed by atoms with van der Waals surface area (Å²) >= 11 is 0. The first-order chi connectivity index (χ1) is 8.63. The minimum absolute atomic E-state index is 0.0910. The fourth-order valence-electron chi connectivity index (χ4n) is 2.62. The SMILES string of the molecule is CCNC(=O)[C@@H](C)N1CCCc2cc(C)ccc21. The average Bonchev–Trinajstić information content (AvgIpc) is 2.37. The Hall–Kier alpha value is -1.51. The molecular weight excluding hydrogens is 224 g/mol. The van der Waals surface area contributed by atoms with E-state index in [1.54, 1.807) is 0 Å². The summed E-state index contributed by atoms with van der Waals surface area (Å²) in [6, 6.07) is 6.43. The minimum atomic E-state index is -0.0910. The number of amides is 1. The zero-order chi connectivity index (χ0) is 13.1. The predicted molar refractivity (Wildman–Crippen MR) is 75.0 cm³/mol. The van der Waals surface area contributed by atoms with Crippen molar-refractivity contribution in [1.29, 1.82) is 0 Å². The van der Waals surface area contributed by atoms with E-state index in [1.807, 2.05) is 13.8 Å². The number of fused-ring (bicyclic) bond motifs is 1. The summed E-state index contributed by atoms with van der Waals surface area (Å²) in [6.45, 7) is 7.72. The maximum atomic E-state index is 12.0. The van der Waals surface area contributed by atoms with Gasteiger partial charge in [0.25, 0.3) is 0 Å². The third-order valence-electron chi connectivity index (χ3n) is 3.59. The molecule has 1 atom stereocenters. The van der Waals surface area contributed by atoms with Crippen LogP contribution in [0.15, 0.2) is 18.2 Å². The lowest BCUT2D eigenvalue weighted by atomic mass is 9.98. The Balaban J connectivity index is 2.24. The molecule has 0 saturated heterocycles. The molecule has 0 spiro atoms. The van der Waals surface area contributed by atoms with Gasteiger partial charge in [-0.25, -0.2) is 0 Å². The zero-order valence-corrected chi connectivity index (χ0v) is 11.5. The maximum absolute atomic E-state index is 12.0.